The van der Waals surface area contributed by atoms with E-state index in [9.17, 15) is 0 Å². The summed E-state index contributed by atoms with van der Waals surface area (Å²) < 4.78 is 0. The highest BCUT2D eigenvalue weighted by atomic mass is 35.5. The second-order valence-electron chi connectivity index (χ2n) is 4.87. The third kappa shape index (κ3) is 3.18. The minimum atomic E-state index is 0.185. The van der Waals surface area contributed by atoms with Crippen molar-refractivity contribution in [3.63, 3.8) is 0 Å². The molecule has 0 saturated heterocycles. The van der Waals surface area contributed by atoms with Crippen LogP contribution in [0.4, 0.5) is 0 Å². The maximum atomic E-state index is 6.24. The smallest absolute Gasteiger partial charge is 0.0794 e. The first-order valence-electron chi connectivity index (χ1n) is 6.79. The number of hydrogen-bond donors (Lipinski definition) is 2. The van der Waals surface area contributed by atoms with E-state index in [4.69, 9.17) is 11.6 Å². The van der Waals surface area contributed by atoms with Crippen molar-refractivity contribution >= 4 is 22.9 Å². The molecule has 5 heteroatoms. The average Bonchev–Trinajstić information content (AvgIpc) is 3.16. The van der Waals surface area contributed by atoms with Gasteiger partial charge in [0.05, 0.1) is 16.8 Å². The van der Waals surface area contributed by atoms with Crippen molar-refractivity contribution in [1.29, 1.82) is 0 Å². The van der Waals surface area contributed by atoms with E-state index in [0.29, 0.717) is 0 Å². The Kier molecular flexibility index (Phi) is 4.39. The summed E-state index contributed by atoms with van der Waals surface area (Å²) in [6.45, 7) is 2.86. The third-order valence-corrected chi connectivity index (χ3v) is 4.69. The topological polar surface area (TPSA) is 40.7 Å². The van der Waals surface area contributed by atoms with Gasteiger partial charge in [-0.3, -0.25) is 5.10 Å². The van der Waals surface area contributed by atoms with Crippen LogP contribution in [0.25, 0.3) is 10.6 Å². The lowest BCUT2D eigenvalue weighted by molar-refractivity contribution is 0.575. The Bertz CT molecular complexity index is 706. The first-order valence-corrected chi connectivity index (χ1v) is 8.05. The Balaban J connectivity index is 1.72. The van der Waals surface area contributed by atoms with Gasteiger partial charge in [0.2, 0.25) is 0 Å². The molecule has 21 heavy (non-hydrogen) atoms. The number of H-pyrrole nitrogens is 1. The maximum absolute atomic E-state index is 6.24. The molecule has 3 rings (SSSR count). The highest BCUT2D eigenvalue weighted by Crippen LogP contribution is 2.27. The number of rotatable bonds is 5. The molecule has 0 aliphatic rings. The van der Waals surface area contributed by atoms with Gasteiger partial charge in [0.1, 0.15) is 0 Å². The molecule has 0 fully saturated rings. The summed E-state index contributed by atoms with van der Waals surface area (Å²) >= 11 is 7.94. The SMILES string of the molecule is C[C@@H](NCc1cn[nH]c1-c1cccs1)c1ccccc1Cl. The molecule has 108 valence electrons. The predicted octanol–water partition coefficient (Wildman–Crippen LogP) is 4.64. The van der Waals surface area contributed by atoms with Gasteiger partial charge in [-0.25, -0.2) is 0 Å². The molecule has 0 spiro atoms. The van der Waals surface area contributed by atoms with Crippen molar-refractivity contribution in [2.45, 2.75) is 19.5 Å². The highest BCUT2D eigenvalue weighted by Gasteiger charge is 2.12. The van der Waals surface area contributed by atoms with Gasteiger partial charge in [-0.1, -0.05) is 35.9 Å². The minimum absolute atomic E-state index is 0.185. The summed E-state index contributed by atoms with van der Waals surface area (Å²) in [7, 11) is 0. The lowest BCUT2D eigenvalue weighted by Crippen LogP contribution is -2.18. The van der Waals surface area contributed by atoms with E-state index in [1.54, 1.807) is 11.3 Å². The zero-order valence-corrected chi connectivity index (χ0v) is 13.2. The van der Waals surface area contributed by atoms with Crippen molar-refractivity contribution in [3.8, 4) is 10.6 Å². The minimum Gasteiger partial charge on any atom is -0.306 e. The number of benzene rings is 1. The molecule has 0 bridgehead atoms. The Morgan fingerprint density at radius 1 is 1.29 bits per heavy atom. The Hall–Kier alpha value is -1.62. The molecule has 0 saturated carbocycles. The van der Waals surface area contributed by atoms with E-state index in [1.165, 1.54) is 4.88 Å². The first-order chi connectivity index (χ1) is 10.3. The largest absolute Gasteiger partial charge is 0.306 e. The van der Waals surface area contributed by atoms with E-state index >= 15 is 0 Å². The summed E-state index contributed by atoms with van der Waals surface area (Å²) in [5.74, 6) is 0. The van der Waals surface area contributed by atoms with Crippen molar-refractivity contribution in [2.24, 2.45) is 0 Å². The molecule has 3 aromatic rings. The molecule has 0 aliphatic heterocycles. The third-order valence-electron chi connectivity index (χ3n) is 3.46. The second kappa shape index (κ2) is 6.43. The van der Waals surface area contributed by atoms with Gasteiger partial charge in [0.15, 0.2) is 0 Å². The number of hydrogen-bond acceptors (Lipinski definition) is 3. The van der Waals surface area contributed by atoms with Crippen LogP contribution in [-0.4, -0.2) is 10.2 Å². The van der Waals surface area contributed by atoms with Crippen molar-refractivity contribution in [3.05, 3.63) is 64.1 Å². The summed E-state index contributed by atoms with van der Waals surface area (Å²) in [5.41, 5.74) is 3.36. The summed E-state index contributed by atoms with van der Waals surface area (Å²) in [4.78, 5) is 1.20. The van der Waals surface area contributed by atoms with Gasteiger partial charge >= 0.3 is 0 Å². The van der Waals surface area contributed by atoms with Crippen LogP contribution in [0, 0.1) is 0 Å². The van der Waals surface area contributed by atoms with Crippen molar-refractivity contribution in [2.75, 3.05) is 0 Å². The number of nitrogens with one attached hydrogen (secondary N) is 2. The summed E-state index contributed by atoms with van der Waals surface area (Å²) in [5, 5.41) is 13.6. The Labute approximate surface area is 133 Å². The molecule has 0 aliphatic carbocycles. The fraction of sp³-hybridized carbons (Fsp3) is 0.188. The molecular weight excluding hydrogens is 302 g/mol. The molecule has 1 aromatic carbocycles. The lowest BCUT2D eigenvalue weighted by atomic mass is 10.1. The summed E-state index contributed by atoms with van der Waals surface area (Å²) in [6.07, 6.45) is 1.88. The van der Waals surface area contributed by atoms with Gasteiger partial charge in [-0.05, 0) is 30.0 Å². The number of aromatic nitrogens is 2. The molecule has 2 heterocycles. The van der Waals surface area contributed by atoms with Crippen LogP contribution in [-0.2, 0) is 6.54 Å². The van der Waals surface area contributed by atoms with Gasteiger partial charge in [-0.2, -0.15) is 5.10 Å². The van der Waals surface area contributed by atoms with Crippen molar-refractivity contribution < 1.29 is 0 Å². The normalized spacial score (nSPS) is 12.5. The fourth-order valence-electron chi connectivity index (χ4n) is 2.28. The van der Waals surface area contributed by atoms with Crippen LogP contribution >= 0.6 is 22.9 Å². The maximum Gasteiger partial charge on any atom is 0.0794 e. The molecule has 0 radical (unpaired) electrons. The Morgan fingerprint density at radius 3 is 2.90 bits per heavy atom. The predicted molar refractivity (Wildman–Crippen MR) is 88.6 cm³/mol. The van der Waals surface area contributed by atoms with Gasteiger partial charge in [-0.15, -0.1) is 11.3 Å². The molecule has 2 aromatic heterocycles. The van der Waals surface area contributed by atoms with Crippen LogP contribution in [0.3, 0.4) is 0 Å². The summed E-state index contributed by atoms with van der Waals surface area (Å²) in [6, 6.07) is 12.3. The quantitative estimate of drug-likeness (QED) is 0.719. The Morgan fingerprint density at radius 2 is 2.14 bits per heavy atom. The van der Waals surface area contributed by atoms with E-state index in [1.807, 2.05) is 30.5 Å². The van der Waals surface area contributed by atoms with Crippen LogP contribution in [0.5, 0.6) is 0 Å². The van der Waals surface area contributed by atoms with E-state index in [2.05, 4.69) is 40.0 Å². The number of thiophene rings is 1. The zero-order valence-electron chi connectivity index (χ0n) is 11.6. The lowest BCUT2D eigenvalue weighted by Gasteiger charge is -2.15. The first kappa shape index (κ1) is 14.3. The number of aromatic amines is 1. The standard InChI is InChI=1S/C16H16ClN3S/c1-11(13-5-2-3-6-14(13)17)18-9-12-10-19-20-16(12)15-7-4-8-21-15/h2-8,10-11,18H,9H2,1H3,(H,19,20)/t11-/m1/s1. The van der Waals surface area contributed by atoms with E-state index in [-0.39, 0.29) is 6.04 Å². The van der Waals surface area contributed by atoms with Crippen LogP contribution in [0.2, 0.25) is 5.02 Å². The van der Waals surface area contributed by atoms with E-state index < -0.39 is 0 Å². The van der Waals surface area contributed by atoms with Crippen LogP contribution in [0.15, 0.2) is 48.0 Å². The highest BCUT2D eigenvalue weighted by molar-refractivity contribution is 7.13. The van der Waals surface area contributed by atoms with Crippen LogP contribution < -0.4 is 5.32 Å². The molecule has 3 nitrogen and oxygen atoms in total. The van der Waals surface area contributed by atoms with Gasteiger partial charge in [0.25, 0.3) is 0 Å². The fourth-order valence-corrected chi connectivity index (χ4v) is 3.33. The van der Waals surface area contributed by atoms with Crippen molar-refractivity contribution in [1.82, 2.24) is 15.5 Å². The zero-order chi connectivity index (χ0) is 14.7. The number of halogens is 1. The molecule has 0 amide bonds. The second-order valence-corrected chi connectivity index (χ2v) is 6.23. The van der Waals surface area contributed by atoms with E-state index in [0.717, 1.165) is 28.4 Å². The monoisotopic (exact) mass is 317 g/mol. The van der Waals surface area contributed by atoms with Gasteiger partial charge < -0.3 is 5.32 Å². The molecular formula is C16H16ClN3S. The average molecular weight is 318 g/mol. The van der Waals surface area contributed by atoms with Gasteiger partial charge in [0, 0.05) is 23.2 Å². The molecule has 2 N–H and O–H groups in total. The molecule has 0 unspecified atom stereocenters. The number of nitrogens with zero attached hydrogens (tertiary/aromatic N) is 1. The molecule has 1 atom stereocenters. The van der Waals surface area contributed by atoms with Crippen LogP contribution in [0.1, 0.15) is 24.1 Å².